The van der Waals surface area contributed by atoms with Crippen LogP contribution in [-0.2, 0) is 4.79 Å². The Balaban J connectivity index is 2.09. The number of carbonyl (C=O) groups excluding carboxylic acids is 1. The molecule has 9 heteroatoms. The third-order valence-corrected chi connectivity index (χ3v) is 3.11. The van der Waals surface area contributed by atoms with Crippen LogP contribution >= 0.6 is 22.9 Å². The van der Waals surface area contributed by atoms with Crippen LogP contribution in [0.5, 0.6) is 0 Å². The number of aromatic nitrogens is 2. The summed E-state index contributed by atoms with van der Waals surface area (Å²) in [7, 11) is 0. The molecule has 1 aromatic carbocycles. The number of benzene rings is 1. The molecule has 2 rings (SSSR count). The van der Waals surface area contributed by atoms with Gasteiger partial charge in [0.05, 0.1) is 4.92 Å². The van der Waals surface area contributed by atoms with Gasteiger partial charge in [-0.3, -0.25) is 20.2 Å². The summed E-state index contributed by atoms with van der Waals surface area (Å²) < 4.78 is 0. The molecule has 7 nitrogen and oxygen atoms in total. The van der Waals surface area contributed by atoms with Crippen LogP contribution in [0.15, 0.2) is 29.8 Å². The van der Waals surface area contributed by atoms with E-state index in [2.05, 4.69) is 15.5 Å². The van der Waals surface area contributed by atoms with Crippen molar-refractivity contribution in [3.8, 4) is 0 Å². The van der Waals surface area contributed by atoms with Crippen molar-refractivity contribution in [2.45, 2.75) is 0 Å². The summed E-state index contributed by atoms with van der Waals surface area (Å²) in [6, 6.07) is 4.27. The van der Waals surface area contributed by atoms with Gasteiger partial charge in [0, 0.05) is 12.1 Å². The van der Waals surface area contributed by atoms with Crippen LogP contribution in [0.3, 0.4) is 0 Å². The van der Waals surface area contributed by atoms with Crippen molar-refractivity contribution in [1.82, 2.24) is 10.2 Å². The Labute approximate surface area is 122 Å². The Morgan fingerprint density at radius 1 is 1.50 bits per heavy atom. The second-order valence-corrected chi connectivity index (χ2v) is 4.77. The lowest BCUT2D eigenvalue weighted by Gasteiger charge is -1.98. The molecule has 1 heterocycles. The highest BCUT2D eigenvalue weighted by Crippen LogP contribution is 2.25. The van der Waals surface area contributed by atoms with E-state index in [-0.39, 0.29) is 10.7 Å². The molecule has 1 N–H and O–H groups in total. The zero-order chi connectivity index (χ0) is 14.5. The molecule has 0 saturated carbocycles. The van der Waals surface area contributed by atoms with E-state index >= 15 is 0 Å². The second-order valence-electron chi connectivity index (χ2n) is 3.53. The minimum absolute atomic E-state index is 0.0467. The Kier molecular flexibility index (Phi) is 4.38. The number of nitrogens with one attached hydrogen (secondary N) is 1. The van der Waals surface area contributed by atoms with Crippen LogP contribution in [0, 0.1) is 10.1 Å². The first-order valence-corrected chi connectivity index (χ1v) is 6.51. The third kappa shape index (κ3) is 3.59. The number of hydrogen-bond acceptors (Lipinski definition) is 6. The predicted molar refractivity (Wildman–Crippen MR) is 75.7 cm³/mol. The average molecular weight is 311 g/mol. The van der Waals surface area contributed by atoms with Gasteiger partial charge in [0.15, 0.2) is 0 Å². The second kappa shape index (κ2) is 6.22. The highest BCUT2D eigenvalue weighted by atomic mass is 35.5. The van der Waals surface area contributed by atoms with Gasteiger partial charge in [-0.1, -0.05) is 29.0 Å². The summed E-state index contributed by atoms with van der Waals surface area (Å²) in [4.78, 5) is 21.7. The summed E-state index contributed by atoms with van der Waals surface area (Å²) in [5.74, 6) is -0.403. The standard InChI is InChI=1S/C11H7ClN4O3S/c12-8-3-1-7(5-9(8)16(18)19)2-4-10(17)14-11-15-13-6-20-11/h1-6H,(H,14,15,17)/b4-2+. The normalized spacial score (nSPS) is 10.7. The zero-order valence-electron chi connectivity index (χ0n) is 9.82. The van der Waals surface area contributed by atoms with Gasteiger partial charge in [-0.15, -0.1) is 10.2 Å². The van der Waals surface area contributed by atoms with Gasteiger partial charge in [0.2, 0.25) is 11.0 Å². The van der Waals surface area contributed by atoms with Crippen molar-refractivity contribution >= 4 is 45.7 Å². The lowest BCUT2D eigenvalue weighted by molar-refractivity contribution is -0.384. The molecule has 2 aromatic rings. The Morgan fingerprint density at radius 2 is 2.30 bits per heavy atom. The highest BCUT2D eigenvalue weighted by Gasteiger charge is 2.11. The molecule has 0 aliphatic carbocycles. The number of halogens is 1. The lowest BCUT2D eigenvalue weighted by atomic mass is 10.2. The predicted octanol–water partition coefficient (Wildman–Crippen LogP) is 2.75. The minimum Gasteiger partial charge on any atom is -0.297 e. The van der Waals surface area contributed by atoms with Crippen LogP contribution in [-0.4, -0.2) is 21.0 Å². The molecule has 0 saturated heterocycles. The van der Waals surface area contributed by atoms with Crippen molar-refractivity contribution < 1.29 is 9.72 Å². The van der Waals surface area contributed by atoms with Crippen LogP contribution in [0.25, 0.3) is 6.08 Å². The molecule has 0 bridgehead atoms. The van der Waals surface area contributed by atoms with Crippen molar-refractivity contribution in [3.63, 3.8) is 0 Å². The van der Waals surface area contributed by atoms with E-state index in [0.29, 0.717) is 10.7 Å². The van der Waals surface area contributed by atoms with E-state index < -0.39 is 10.8 Å². The quantitative estimate of drug-likeness (QED) is 0.532. The molecule has 102 valence electrons. The van der Waals surface area contributed by atoms with Gasteiger partial charge < -0.3 is 0 Å². The fraction of sp³-hybridized carbons (Fsp3) is 0. The number of nitro benzene ring substituents is 1. The Bertz CT molecular complexity index is 672. The highest BCUT2D eigenvalue weighted by molar-refractivity contribution is 7.13. The van der Waals surface area contributed by atoms with Gasteiger partial charge in [-0.2, -0.15) is 0 Å². The number of carbonyl (C=O) groups is 1. The molecule has 0 atom stereocenters. The molecular formula is C11H7ClN4O3S. The number of nitrogens with zero attached hydrogens (tertiary/aromatic N) is 3. The number of nitro groups is 1. The minimum atomic E-state index is -0.582. The fourth-order valence-corrected chi connectivity index (χ4v) is 1.95. The van der Waals surface area contributed by atoms with E-state index in [1.54, 1.807) is 6.07 Å². The molecule has 0 radical (unpaired) electrons. The van der Waals surface area contributed by atoms with Crippen LogP contribution in [0.2, 0.25) is 5.02 Å². The number of hydrogen-bond donors (Lipinski definition) is 1. The molecule has 0 fully saturated rings. The van der Waals surface area contributed by atoms with Gasteiger partial charge in [-0.25, -0.2) is 0 Å². The molecular weight excluding hydrogens is 304 g/mol. The van der Waals surface area contributed by atoms with Crippen molar-refractivity contribution in [2.24, 2.45) is 0 Å². The number of anilines is 1. The van der Waals surface area contributed by atoms with E-state index in [9.17, 15) is 14.9 Å². The molecule has 0 unspecified atom stereocenters. The molecule has 20 heavy (non-hydrogen) atoms. The van der Waals surface area contributed by atoms with Gasteiger partial charge in [0.1, 0.15) is 10.5 Å². The third-order valence-electron chi connectivity index (χ3n) is 2.18. The Morgan fingerprint density at radius 3 is 2.95 bits per heavy atom. The fourth-order valence-electron chi connectivity index (χ4n) is 1.32. The largest absolute Gasteiger partial charge is 0.297 e. The van der Waals surface area contributed by atoms with Crippen molar-refractivity contribution in [1.29, 1.82) is 0 Å². The Hall–Kier alpha value is -2.32. The van der Waals surface area contributed by atoms with Gasteiger partial charge in [-0.05, 0) is 17.7 Å². The van der Waals surface area contributed by atoms with E-state index in [1.807, 2.05) is 0 Å². The summed E-state index contributed by atoms with van der Waals surface area (Å²) in [6.07, 6.45) is 2.69. The van der Waals surface area contributed by atoms with Crippen LogP contribution < -0.4 is 5.32 Å². The van der Waals surface area contributed by atoms with Gasteiger partial charge in [0.25, 0.3) is 5.69 Å². The summed E-state index contributed by atoms with van der Waals surface area (Å²) in [5.41, 5.74) is 1.77. The molecule has 0 spiro atoms. The van der Waals surface area contributed by atoms with Crippen molar-refractivity contribution in [3.05, 3.63) is 50.5 Å². The van der Waals surface area contributed by atoms with E-state index in [4.69, 9.17) is 11.6 Å². The van der Waals surface area contributed by atoms with E-state index in [0.717, 1.165) is 0 Å². The average Bonchev–Trinajstić information content (AvgIpc) is 2.90. The maximum Gasteiger partial charge on any atom is 0.288 e. The van der Waals surface area contributed by atoms with Crippen LogP contribution in [0.1, 0.15) is 5.56 Å². The summed E-state index contributed by atoms with van der Waals surface area (Å²) in [5, 5.41) is 20.9. The van der Waals surface area contributed by atoms with Crippen LogP contribution in [0.4, 0.5) is 10.8 Å². The van der Waals surface area contributed by atoms with Crippen molar-refractivity contribution in [2.75, 3.05) is 5.32 Å². The monoisotopic (exact) mass is 310 g/mol. The molecule has 1 aromatic heterocycles. The summed E-state index contributed by atoms with van der Waals surface area (Å²) >= 11 is 6.88. The zero-order valence-corrected chi connectivity index (χ0v) is 11.4. The maximum atomic E-state index is 11.6. The lowest BCUT2D eigenvalue weighted by Crippen LogP contribution is -2.07. The number of rotatable bonds is 4. The summed E-state index contributed by atoms with van der Waals surface area (Å²) in [6.45, 7) is 0. The van der Waals surface area contributed by atoms with Gasteiger partial charge >= 0.3 is 0 Å². The molecule has 1 amide bonds. The van der Waals surface area contributed by atoms with E-state index in [1.165, 1.54) is 41.1 Å². The smallest absolute Gasteiger partial charge is 0.288 e. The maximum absolute atomic E-state index is 11.6. The first kappa shape index (κ1) is 14.1. The first-order valence-electron chi connectivity index (χ1n) is 5.25. The topological polar surface area (TPSA) is 98.0 Å². The molecule has 0 aliphatic heterocycles. The first-order chi connectivity index (χ1) is 9.56. The molecule has 0 aliphatic rings. The number of amides is 1. The SMILES string of the molecule is O=C(/C=C/c1ccc(Cl)c([N+](=O)[O-])c1)Nc1nncs1.